The van der Waals surface area contributed by atoms with E-state index in [0.717, 1.165) is 0 Å². The van der Waals surface area contributed by atoms with Gasteiger partial charge in [-0.25, -0.2) is 0 Å². The van der Waals surface area contributed by atoms with Gasteiger partial charge in [-0.2, -0.15) is 0 Å². The summed E-state index contributed by atoms with van der Waals surface area (Å²) in [4.78, 5) is 33.1. The highest BCUT2D eigenvalue weighted by molar-refractivity contribution is 5.79. The summed E-state index contributed by atoms with van der Waals surface area (Å²) in [6.07, 6.45) is 0.173. The lowest BCUT2D eigenvalue weighted by molar-refractivity contribution is -0.146. The highest BCUT2D eigenvalue weighted by Crippen LogP contribution is 2.21. The highest BCUT2D eigenvalue weighted by Gasteiger charge is 2.41. The molecule has 0 spiro atoms. The minimum absolute atomic E-state index is 0.173. The quantitative estimate of drug-likeness (QED) is 0.532. The molecule has 0 radical (unpaired) electrons. The molecular formula is C10H16N2O5. The second kappa shape index (κ2) is 5.62. The smallest absolute Gasteiger partial charge is 0.320 e. The van der Waals surface area contributed by atoms with Crippen molar-refractivity contribution in [2.45, 2.75) is 25.4 Å². The number of rotatable bonds is 4. The molecule has 0 aromatic carbocycles. The van der Waals surface area contributed by atoms with Crippen LogP contribution in [0.1, 0.15) is 13.3 Å². The molecule has 3 atom stereocenters. The van der Waals surface area contributed by atoms with Gasteiger partial charge in [0.2, 0.25) is 5.91 Å². The van der Waals surface area contributed by atoms with Crippen molar-refractivity contribution in [3.8, 4) is 0 Å². The SMILES string of the molecule is COC(=O)[C@@H]1C[C@H](C(=O)O)NC1CNC(C)=O. The van der Waals surface area contributed by atoms with Crippen molar-refractivity contribution < 1.29 is 24.2 Å². The van der Waals surface area contributed by atoms with E-state index in [4.69, 9.17) is 5.11 Å². The van der Waals surface area contributed by atoms with Crippen molar-refractivity contribution in [2.24, 2.45) is 5.92 Å². The van der Waals surface area contributed by atoms with Crippen LogP contribution in [0.3, 0.4) is 0 Å². The molecule has 1 fully saturated rings. The van der Waals surface area contributed by atoms with Crippen molar-refractivity contribution in [1.29, 1.82) is 0 Å². The lowest BCUT2D eigenvalue weighted by Gasteiger charge is -2.17. The van der Waals surface area contributed by atoms with Gasteiger partial charge in [-0.15, -0.1) is 0 Å². The fraction of sp³-hybridized carbons (Fsp3) is 0.700. The predicted molar refractivity (Wildman–Crippen MR) is 57.2 cm³/mol. The molecule has 0 aromatic rings. The summed E-state index contributed by atoms with van der Waals surface area (Å²) in [5, 5.41) is 14.2. The van der Waals surface area contributed by atoms with Crippen molar-refractivity contribution >= 4 is 17.8 Å². The van der Waals surface area contributed by atoms with Gasteiger partial charge >= 0.3 is 11.9 Å². The lowest BCUT2D eigenvalue weighted by Crippen LogP contribution is -2.44. The summed E-state index contributed by atoms with van der Waals surface area (Å²) >= 11 is 0. The molecule has 0 aliphatic carbocycles. The van der Waals surface area contributed by atoms with Gasteiger partial charge in [-0.1, -0.05) is 0 Å². The topological polar surface area (TPSA) is 105 Å². The minimum atomic E-state index is -1.01. The second-order valence-electron chi connectivity index (χ2n) is 3.97. The molecule has 1 heterocycles. The van der Waals surface area contributed by atoms with Crippen molar-refractivity contribution in [3.05, 3.63) is 0 Å². The largest absolute Gasteiger partial charge is 0.480 e. The van der Waals surface area contributed by atoms with Crippen molar-refractivity contribution in [1.82, 2.24) is 10.6 Å². The predicted octanol–water partition coefficient (Wildman–Crippen LogP) is -1.27. The number of esters is 1. The van der Waals surface area contributed by atoms with Crippen LogP contribution in [0, 0.1) is 5.92 Å². The number of hydrogen-bond acceptors (Lipinski definition) is 5. The average Bonchev–Trinajstić information content (AvgIpc) is 2.69. The van der Waals surface area contributed by atoms with Crippen LogP contribution in [-0.2, 0) is 19.1 Å². The van der Waals surface area contributed by atoms with Crippen LogP contribution in [0.5, 0.6) is 0 Å². The summed E-state index contributed by atoms with van der Waals surface area (Å²) < 4.78 is 4.61. The Bertz CT molecular complexity index is 331. The van der Waals surface area contributed by atoms with Crippen molar-refractivity contribution in [2.75, 3.05) is 13.7 Å². The first kappa shape index (κ1) is 13.4. The number of hydrogen-bond donors (Lipinski definition) is 3. The summed E-state index contributed by atoms with van der Waals surface area (Å²) in [5.74, 6) is -2.25. The Morgan fingerprint density at radius 1 is 1.47 bits per heavy atom. The van der Waals surface area contributed by atoms with Crippen molar-refractivity contribution in [3.63, 3.8) is 0 Å². The van der Waals surface area contributed by atoms with E-state index in [1.54, 1.807) is 0 Å². The van der Waals surface area contributed by atoms with Crippen LogP contribution >= 0.6 is 0 Å². The molecule has 1 rings (SSSR count). The second-order valence-corrected chi connectivity index (χ2v) is 3.97. The number of amides is 1. The zero-order valence-electron chi connectivity index (χ0n) is 9.73. The van der Waals surface area contributed by atoms with Gasteiger partial charge in [-0.05, 0) is 6.42 Å². The fourth-order valence-corrected chi connectivity index (χ4v) is 1.90. The first-order valence-corrected chi connectivity index (χ1v) is 5.26. The Labute approximate surface area is 98.5 Å². The van der Waals surface area contributed by atoms with Gasteiger partial charge in [0.05, 0.1) is 13.0 Å². The minimum Gasteiger partial charge on any atom is -0.480 e. The molecule has 1 saturated heterocycles. The molecule has 3 N–H and O–H groups in total. The molecule has 17 heavy (non-hydrogen) atoms. The number of carboxylic acids is 1. The number of nitrogens with one attached hydrogen (secondary N) is 2. The molecule has 1 aliphatic heterocycles. The Balaban J connectivity index is 2.66. The van der Waals surface area contributed by atoms with Gasteiger partial charge in [0.1, 0.15) is 6.04 Å². The molecule has 1 unspecified atom stereocenters. The molecule has 1 amide bonds. The van der Waals surface area contributed by atoms with E-state index >= 15 is 0 Å². The van der Waals surface area contributed by atoms with E-state index in [1.807, 2.05) is 0 Å². The molecule has 7 heteroatoms. The van der Waals surface area contributed by atoms with Gasteiger partial charge < -0.3 is 15.2 Å². The maximum atomic E-state index is 11.5. The number of ether oxygens (including phenoxy) is 1. The fourth-order valence-electron chi connectivity index (χ4n) is 1.90. The monoisotopic (exact) mass is 244 g/mol. The van der Waals surface area contributed by atoms with Crippen LogP contribution in [0.2, 0.25) is 0 Å². The van der Waals surface area contributed by atoms with E-state index in [-0.39, 0.29) is 18.9 Å². The molecule has 0 aromatic heterocycles. The molecule has 0 bridgehead atoms. The van der Waals surface area contributed by atoms with Crippen LogP contribution in [0.4, 0.5) is 0 Å². The normalized spacial score (nSPS) is 27.5. The molecule has 0 saturated carbocycles. The lowest BCUT2D eigenvalue weighted by atomic mass is 9.99. The number of carbonyl (C=O) groups excluding carboxylic acids is 2. The third-order valence-corrected chi connectivity index (χ3v) is 2.76. The Morgan fingerprint density at radius 2 is 2.12 bits per heavy atom. The molecule has 1 aliphatic rings. The number of methoxy groups -OCH3 is 1. The van der Waals surface area contributed by atoms with E-state index in [0.29, 0.717) is 0 Å². The summed E-state index contributed by atoms with van der Waals surface area (Å²) in [6, 6.07) is -1.19. The first-order valence-electron chi connectivity index (χ1n) is 5.26. The zero-order valence-corrected chi connectivity index (χ0v) is 9.73. The van der Waals surface area contributed by atoms with E-state index in [9.17, 15) is 14.4 Å². The van der Waals surface area contributed by atoms with E-state index in [2.05, 4.69) is 15.4 Å². The molecular weight excluding hydrogens is 228 g/mol. The average molecular weight is 244 g/mol. The van der Waals surface area contributed by atoms with E-state index < -0.39 is 29.9 Å². The van der Waals surface area contributed by atoms with Gasteiger partial charge in [-0.3, -0.25) is 19.7 Å². The highest BCUT2D eigenvalue weighted by atomic mass is 16.5. The van der Waals surface area contributed by atoms with Crippen LogP contribution in [0.15, 0.2) is 0 Å². The maximum Gasteiger partial charge on any atom is 0.320 e. The molecule has 7 nitrogen and oxygen atoms in total. The summed E-state index contributed by atoms with van der Waals surface area (Å²) in [5.41, 5.74) is 0. The number of carboxylic acid groups (broad SMARTS) is 1. The van der Waals surface area contributed by atoms with Gasteiger partial charge in [0.15, 0.2) is 0 Å². The number of carbonyl (C=O) groups is 3. The van der Waals surface area contributed by atoms with Crippen LogP contribution in [-0.4, -0.2) is 48.7 Å². The molecule has 96 valence electrons. The zero-order chi connectivity index (χ0) is 13.0. The maximum absolute atomic E-state index is 11.5. The summed E-state index contributed by atoms with van der Waals surface area (Å²) in [6.45, 7) is 1.57. The van der Waals surface area contributed by atoms with Gasteiger partial charge in [0.25, 0.3) is 0 Å². The van der Waals surface area contributed by atoms with Gasteiger partial charge in [0, 0.05) is 19.5 Å². The standard InChI is InChI=1S/C10H16N2O5/c1-5(13)11-4-8-6(10(16)17-2)3-7(12-8)9(14)15/h6-8,12H,3-4H2,1-2H3,(H,11,13)(H,14,15)/t6-,7-,8?/m1/s1. The Morgan fingerprint density at radius 3 is 2.59 bits per heavy atom. The number of aliphatic carboxylic acids is 1. The Hall–Kier alpha value is -1.63. The third kappa shape index (κ3) is 3.42. The third-order valence-electron chi connectivity index (χ3n) is 2.76. The Kier molecular flexibility index (Phi) is 4.45. The van der Waals surface area contributed by atoms with E-state index in [1.165, 1.54) is 14.0 Å². The van der Waals surface area contributed by atoms with Crippen LogP contribution < -0.4 is 10.6 Å². The van der Waals surface area contributed by atoms with Crippen LogP contribution in [0.25, 0.3) is 0 Å². The summed E-state index contributed by atoms with van der Waals surface area (Å²) in [7, 11) is 1.26. The first-order chi connectivity index (χ1) is 7.95.